The molecule has 1 heterocycles. The molecule has 0 saturated carbocycles. The van der Waals surface area contributed by atoms with Gasteiger partial charge in [0.2, 0.25) is 0 Å². The molecule has 5 heteroatoms. The van der Waals surface area contributed by atoms with Crippen LogP contribution >= 0.6 is 23.2 Å². The fourth-order valence-electron chi connectivity index (χ4n) is 2.28. The number of ether oxygens (including phenoxy) is 1. The molecular weight excluding hydrogens is 309 g/mol. The number of H-pyrrole nitrogens is 1. The highest BCUT2D eigenvalue weighted by molar-refractivity contribution is 6.39. The first kappa shape index (κ1) is 16.2. The van der Waals surface area contributed by atoms with E-state index < -0.39 is 0 Å². The van der Waals surface area contributed by atoms with Crippen molar-refractivity contribution in [3.63, 3.8) is 0 Å². The first-order valence-electron chi connectivity index (χ1n) is 7.28. The third-order valence-electron chi connectivity index (χ3n) is 3.37. The summed E-state index contributed by atoms with van der Waals surface area (Å²) in [5.74, 6) is 0.239. The molecule has 0 amide bonds. The maximum absolute atomic E-state index is 11.9. The average Bonchev–Trinajstić information content (AvgIpc) is 2.81. The Morgan fingerprint density at radius 3 is 2.71 bits per heavy atom. The number of aromatic nitrogens is 1. The van der Waals surface area contributed by atoms with Gasteiger partial charge < -0.3 is 9.72 Å². The van der Waals surface area contributed by atoms with Gasteiger partial charge in [-0.05, 0) is 18.6 Å². The topological polar surface area (TPSA) is 42.1 Å². The Kier molecular flexibility index (Phi) is 5.95. The maximum Gasteiger partial charge on any atom is 0.311 e. The Bertz CT molecular complexity index is 622. The van der Waals surface area contributed by atoms with Gasteiger partial charge in [-0.25, -0.2) is 0 Å². The van der Waals surface area contributed by atoms with Crippen LogP contribution in [0.15, 0.2) is 18.3 Å². The molecule has 0 aliphatic rings. The molecular formula is C16H19Cl2NO2. The molecule has 3 nitrogen and oxygen atoms in total. The van der Waals surface area contributed by atoms with Crippen molar-refractivity contribution in [1.82, 2.24) is 4.98 Å². The van der Waals surface area contributed by atoms with Crippen LogP contribution in [0.25, 0.3) is 10.9 Å². The van der Waals surface area contributed by atoms with Crippen molar-refractivity contribution in [3.8, 4) is 5.75 Å². The van der Waals surface area contributed by atoms with E-state index in [0.29, 0.717) is 27.6 Å². The van der Waals surface area contributed by atoms with Gasteiger partial charge in [0.1, 0.15) is 0 Å². The Morgan fingerprint density at radius 2 is 1.95 bits per heavy atom. The van der Waals surface area contributed by atoms with Crippen LogP contribution in [0.5, 0.6) is 5.75 Å². The van der Waals surface area contributed by atoms with Crippen LogP contribution < -0.4 is 4.74 Å². The van der Waals surface area contributed by atoms with Crippen LogP contribution in [0.3, 0.4) is 0 Å². The summed E-state index contributed by atoms with van der Waals surface area (Å²) in [4.78, 5) is 14.9. The average molecular weight is 328 g/mol. The van der Waals surface area contributed by atoms with Crippen molar-refractivity contribution in [2.24, 2.45) is 0 Å². The molecule has 0 spiro atoms. The summed E-state index contributed by atoms with van der Waals surface area (Å²) in [6.07, 6.45) is 7.58. The molecule has 0 bridgehead atoms. The summed E-state index contributed by atoms with van der Waals surface area (Å²) in [6, 6.07) is 3.40. The van der Waals surface area contributed by atoms with Gasteiger partial charge in [0, 0.05) is 17.6 Å². The molecule has 2 aromatic rings. The third kappa shape index (κ3) is 4.39. The van der Waals surface area contributed by atoms with E-state index in [9.17, 15) is 4.79 Å². The summed E-state index contributed by atoms with van der Waals surface area (Å²) < 4.78 is 5.40. The van der Waals surface area contributed by atoms with Crippen molar-refractivity contribution < 1.29 is 9.53 Å². The molecule has 114 valence electrons. The molecule has 2 rings (SSSR count). The van der Waals surface area contributed by atoms with Crippen molar-refractivity contribution in [2.75, 3.05) is 0 Å². The van der Waals surface area contributed by atoms with E-state index in [4.69, 9.17) is 27.9 Å². The minimum atomic E-state index is -0.224. The Morgan fingerprint density at radius 1 is 1.19 bits per heavy atom. The largest absolute Gasteiger partial charge is 0.424 e. The Balaban J connectivity index is 1.95. The Labute approximate surface area is 134 Å². The van der Waals surface area contributed by atoms with Gasteiger partial charge in [-0.2, -0.15) is 0 Å². The molecule has 0 aliphatic carbocycles. The van der Waals surface area contributed by atoms with Crippen molar-refractivity contribution in [1.29, 1.82) is 0 Å². The quantitative estimate of drug-likeness (QED) is 0.520. The number of hydrogen-bond donors (Lipinski definition) is 1. The number of aromatic amines is 1. The van der Waals surface area contributed by atoms with Gasteiger partial charge in [0.15, 0.2) is 5.75 Å². The lowest BCUT2D eigenvalue weighted by Crippen LogP contribution is -2.07. The highest BCUT2D eigenvalue weighted by atomic mass is 35.5. The summed E-state index contributed by atoms with van der Waals surface area (Å²) in [7, 11) is 0. The van der Waals surface area contributed by atoms with E-state index in [0.717, 1.165) is 18.4 Å². The lowest BCUT2D eigenvalue weighted by atomic mass is 10.1. The monoisotopic (exact) mass is 327 g/mol. The van der Waals surface area contributed by atoms with E-state index in [1.54, 1.807) is 18.3 Å². The van der Waals surface area contributed by atoms with Crippen LogP contribution in [0, 0.1) is 0 Å². The van der Waals surface area contributed by atoms with Gasteiger partial charge in [-0.1, -0.05) is 55.8 Å². The molecule has 21 heavy (non-hydrogen) atoms. The predicted molar refractivity (Wildman–Crippen MR) is 87.3 cm³/mol. The number of esters is 1. The summed E-state index contributed by atoms with van der Waals surface area (Å²) in [6.45, 7) is 2.17. The molecule has 0 radical (unpaired) electrons. The number of carbonyl (C=O) groups excluding carboxylic acids is 1. The number of hydrogen-bond acceptors (Lipinski definition) is 2. The van der Waals surface area contributed by atoms with Gasteiger partial charge in [-0.3, -0.25) is 4.79 Å². The van der Waals surface area contributed by atoms with E-state index >= 15 is 0 Å². The molecule has 0 saturated heterocycles. The van der Waals surface area contributed by atoms with E-state index in [1.807, 2.05) is 0 Å². The van der Waals surface area contributed by atoms with Crippen LogP contribution in [0.1, 0.15) is 45.4 Å². The first-order chi connectivity index (χ1) is 10.1. The summed E-state index contributed by atoms with van der Waals surface area (Å²) in [5, 5.41) is 1.72. The number of fused-ring (bicyclic) bond motifs is 1. The van der Waals surface area contributed by atoms with E-state index in [2.05, 4.69) is 11.9 Å². The minimum Gasteiger partial charge on any atom is -0.424 e. The normalized spacial score (nSPS) is 11.0. The third-order valence-corrected chi connectivity index (χ3v) is 3.88. The summed E-state index contributed by atoms with van der Waals surface area (Å²) in [5.41, 5.74) is 0.762. The smallest absolute Gasteiger partial charge is 0.311 e. The van der Waals surface area contributed by atoms with Crippen LogP contribution in [-0.2, 0) is 4.79 Å². The number of rotatable bonds is 7. The second-order valence-corrected chi connectivity index (χ2v) is 5.95. The number of halogens is 2. The molecule has 0 fully saturated rings. The molecule has 0 unspecified atom stereocenters. The van der Waals surface area contributed by atoms with Crippen molar-refractivity contribution in [2.45, 2.75) is 45.4 Å². The predicted octanol–water partition coefficient (Wildman–Crippen LogP) is 5.74. The lowest BCUT2D eigenvalue weighted by molar-refractivity contribution is -0.134. The fourth-order valence-corrected chi connectivity index (χ4v) is 2.87. The van der Waals surface area contributed by atoms with Gasteiger partial charge in [0.25, 0.3) is 0 Å². The summed E-state index contributed by atoms with van der Waals surface area (Å²) >= 11 is 12.1. The first-order valence-corrected chi connectivity index (χ1v) is 8.04. The zero-order valence-corrected chi connectivity index (χ0v) is 13.6. The Hall–Kier alpha value is -1.19. The maximum atomic E-state index is 11.9. The second kappa shape index (κ2) is 7.71. The highest BCUT2D eigenvalue weighted by Gasteiger charge is 2.13. The number of unbranched alkanes of at least 4 members (excludes halogenated alkanes) is 4. The lowest BCUT2D eigenvalue weighted by Gasteiger charge is -2.04. The van der Waals surface area contributed by atoms with Gasteiger partial charge in [-0.15, -0.1) is 0 Å². The zero-order chi connectivity index (χ0) is 15.2. The molecule has 0 aliphatic heterocycles. The van der Waals surface area contributed by atoms with Crippen molar-refractivity contribution >= 4 is 40.1 Å². The van der Waals surface area contributed by atoms with Crippen LogP contribution in [0.4, 0.5) is 0 Å². The number of carbonyl (C=O) groups is 1. The standard InChI is InChI=1S/C16H19Cl2NO2/c1-2-3-4-5-6-7-15(20)21-14-10-19-13-9-11(17)8-12(18)16(13)14/h8-10,19H,2-7H2,1H3. The van der Waals surface area contributed by atoms with Gasteiger partial charge in [0.05, 0.1) is 15.9 Å². The number of benzene rings is 1. The van der Waals surface area contributed by atoms with Crippen molar-refractivity contribution in [3.05, 3.63) is 28.4 Å². The van der Waals surface area contributed by atoms with Gasteiger partial charge >= 0.3 is 5.97 Å². The second-order valence-electron chi connectivity index (χ2n) is 5.10. The van der Waals surface area contributed by atoms with Crippen LogP contribution in [0.2, 0.25) is 10.0 Å². The SMILES string of the molecule is CCCCCCCC(=O)Oc1c[nH]c2cc(Cl)cc(Cl)c12. The minimum absolute atomic E-state index is 0.224. The molecule has 1 aromatic heterocycles. The molecule has 1 aromatic carbocycles. The van der Waals surface area contributed by atoms with E-state index in [1.165, 1.54) is 19.3 Å². The zero-order valence-electron chi connectivity index (χ0n) is 12.0. The highest BCUT2D eigenvalue weighted by Crippen LogP contribution is 2.34. The molecule has 0 atom stereocenters. The molecule has 1 N–H and O–H groups in total. The van der Waals surface area contributed by atoms with E-state index in [-0.39, 0.29) is 5.97 Å². The number of nitrogens with one attached hydrogen (secondary N) is 1. The van der Waals surface area contributed by atoms with Crippen LogP contribution in [-0.4, -0.2) is 11.0 Å². The fraction of sp³-hybridized carbons (Fsp3) is 0.438.